The maximum absolute atomic E-state index is 15.2. The molecule has 4 aliphatic rings. The summed E-state index contributed by atoms with van der Waals surface area (Å²) in [5.41, 5.74) is -8.53. The maximum Gasteiger partial charge on any atom is 0.408 e. The van der Waals surface area contributed by atoms with Crippen LogP contribution in [0.3, 0.4) is 0 Å². The number of aliphatic hydroxyl groups excluding tert-OH is 2. The Morgan fingerprint density at radius 2 is 1.56 bits per heavy atom. The molecule has 1 saturated heterocycles. The highest BCUT2D eigenvalue weighted by atomic mass is 32.2. The number of aliphatic hydroxyl groups is 3. The Morgan fingerprint density at radius 3 is 2.12 bits per heavy atom. The van der Waals surface area contributed by atoms with Gasteiger partial charge in [-0.25, -0.2) is 14.4 Å². The monoisotopic (exact) mass is 941 g/mol. The minimum Gasteiger partial charge on any atom is -0.481 e. The third-order valence-electron chi connectivity index (χ3n) is 13.8. The van der Waals surface area contributed by atoms with Gasteiger partial charge in [0, 0.05) is 31.1 Å². The molecule has 0 aromatic heterocycles. The minimum atomic E-state index is -2.40. The number of ether oxygens (including phenoxy) is 6. The summed E-state index contributed by atoms with van der Waals surface area (Å²) in [6.07, 6.45) is -11.7. The van der Waals surface area contributed by atoms with Crippen molar-refractivity contribution in [3.05, 3.63) is 71.8 Å². The summed E-state index contributed by atoms with van der Waals surface area (Å²) in [7, 11) is 0. The first-order valence-corrected chi connectivity index (χ1v) is 22.9. The average molecular weight is 942 g/mol. The second-order valence-electron chi connectivity index (χ2n) is 19.4. The fourth-order valence-electron chi connectivity index (χ4n) is 10.6. The standard InChI is InChI=1S/C47H59NO17S/c1-24-28(61-41(57)36(62-32(53)22-66-21-31(51)52)34(26-15-11-9-12-16-26)48-42(58)65-43(3,4)5)20-47(59)39(63-40(56)27-17-13-10-14-18-27)37-45(8,38(55)35(54)33(24)44(47,6)7)29(50)19-30-46(37,23-60-30)64-25(2)49/h9-18,24,28-30,33-37,39,50,54,59H,19-23H2,1-8H3,(H,48,58)(H,51,52)/t24?,28?,29-,30+,33-,34-,35+,36+,37-,39-,45+,46-,47+/m0/s1. The molecule has 1 aliphatic heterocycles. The van der Waals surface area contributed by atoms with Gasteiger partial charge < -0.3 is 54.2 Å². The van der Waals surface area contributed by atoms with Gasteiger partial charge >= 0.3 is 35.9 Å². The number of thioether (sulfide) groups is 1. The maximum atomic E-state index is 15.2. The molecule has 1 amide bonds. The van der Waals surface area contributed by atoms with Crippen LogP contribution in [0.15, 0.2) is 60.7 Å². The van der Waals surface area contributed by atoms with Crippen LogP contribution in [0.1, 0.15) is 90.2 Å². The molecule has 1 heterocycles. The largest absolute Gasteiger partial charge is 0.481 e. The highest BCUT2D eigenvalue weighted by molar-refractivity contribution is 8.00. The number of hydrogen-bond donors (Lipinski definition) is 5. The van der Waals surface area contributed by atoms with Crippen LogP contribution in [-0.4, -0.2) is 134 Å². The van der Waals surface area contributed by atoms with Crippen LogP contribution in [0, 0.1) is 28.6 Å². The van der Waals surface area contributed by atoms with Gasteiger partial charge in [-0.05, 0) is 51.3 Å². The fourth-order valence-corrected chi connectivity index (χ4v) is 11.1. The number of carboxylic acid groups (broad SMARTS) is 1. The minimum absolute atomic E-state index is 0.0488. The molecule has 66 heavy (non-hydrogen) atoms. The summed E-state index contributed by atoms with van der Waals surface area (Å²) in [6.45, 7) is 11.7. The van der Waals surface area contributed by atoms with E-state index in [1.54, 1.807) is 90.1 Å². The highest BCUT2D eigenvalue weighted by Crippen LogP contribution is 2.65. The molecule has 2 aromatic rings. The van der Waals surface area contributed by atoms with Gasteiger partial charge in [-0.1, -0.05) is 69.3 Å². The number of alkyl carbamates (subject to hydrolysis) is 1. The number of nitrogens with one attached hydrogen (secondary N) is 1. The number of carboxylic acids is 1. The third kappa shape index (κ3) is 9.41. The van der Waals surface area contributed by atoms with Crippen LogP contribution < -0.4 is 5.32 Å². The molecular weight excluding hydrogens is 883 g/mol. The van der Waals surface area contributed by atoms with Crippen molar-refractivity contribution in [1.82, 2.24) is 5.32 Å². The number of ketones is 1. The van der Waals surface area contributed by atoms with Crippen LogP contribution >= 0.6 is 11.8 Å². The molecule has 19 heteroatoms. The van der Waals surface area contributed by atoms with Crippen molar-refractivity contribution in [3.8, 4) is 0 Å². The van der Waals surface area contributed by atoms with Crippen LogP contribution in [0.5, 0.6) is 0 Å². The lowest BCUT2D eigenvalue weighted by Crippen LogP contribution is -2.83. The van der Waals surface area contributed by atoms with E-state index in [4.69, 9.17) is 28.4 Å². The van der Waals surface area contributed by atoms with E-state index < -0.39 is 148 Å². The molecule has 2 aromatic carbocycles. The van der Waals surface area contributed by atoms with Crippen molar-refractivity contribution in [2.75, 3.05) is 18.1 Å². The predicted octanol–water partition coefficient (Wildman–Crippen LogP) is 3.56. The molecule has 13 atom stereocenters. The molecule has 0 spiro atoms. The number of amides is 1. The molecule has 5 N–H and O–H groups in total. The van der Waals surface area contributed by atoms with Gasteiger partial charge in [-0.15, -0.1) is 11.8 Å². The average Bonchev–Trinajstić information content (AvgIpc) is 3.23. The summed E-state index contributed by atoms with van der Waals surface area (Å²) in [5, 5.41) is 49.9. The van der Waals surface area contributed by atoms with Gasteiger partial charge in [0.25, 0.3) is 0 Å². The lowest BCUT2D eigenvalue weighted by Gasteiger charge is -2.68. The number of Topliss-reactive ketones (excluding diaryl/α,β-unsaturated/α-hetero) is 1. The molecule has 360 valence electrons. The molecule has 3 aliphatic carbocycles. The van der Waals surface area contributed by atoms with Crippen molar-refractivity contribution in [1.29, 1.82) is 0 Å². The Hall–Kier alpha value is -5.08. The Kier molecular flexibility index (Phi) is 14.4. The molecule has 4 fully saturated rings. The number of carbonyl (C=O) groups is 7. The van der Waals surface area contributed by atoms with E-state index in [0.717, 1.165) is 6.92 Å². The zero-order chi connectivity index (χ0) is 48.7. The molecule has 18 nitrogen and oxygen atoms in total. The lowest BCUT2D eigenvalue weighted by molar-refractivity contribution is -0.355. The van der Waals surface area contributed by atoms with Crippen molar-refractivity contribution < 1.29 is 82.4 Å². The lowest BCUT2D eigenvalue weighted by atomic mass is 9.42. The van der Waals surface area contributed by atoms with E-state index in [2.05, 4.69) is 5.32 Å². The normalized spacial score (nSPS) is 33.0. The third-order valence-corrected chi connectivity index (χ3v) is 14.7. The van der Waals surface area contributed by atoms with E-state index in [1.807, 2.05) is 0 Å². The van der Waals surface area contributed by atoms with E-state index in [0.29, 0.717) is 11.8 Å². The molecule has 3 saturated carbocycles. The first kappa shape index (κ1) is 50.3. The van der Waals surface area contributed by atoms with Crippen LogP contribution in [0.2, 0.25) is 0 Å². The van der Waals surface area contributed by atoms with Gasteiger partial charge in [0.05, 0.1) is 41.1 Å². The number of hydrogen-bond acceptors (Lipinski definition) is 17. The molecule has 0 radical (unpaired) electrons. The van der Waals surface area contributed by atoms with Gasteiger partial charge in [-0.3, -0.25) is 19.2 Å². The zero-order valence-corrected chi connectivity index (χ0v) is 38.9. The smallest absolute Gasteiger partial charge is 0.408 e. The van der Waals surface area contributed by atoms with Crippen molar-refractivity contribution in [3.63, 3.8) is 0 Å². The SMILES string of the molecule is CC(=O)O[C@@]12CO[C@@H]1C[C@H](O)[C@@]1(C)C(=O)[C@H](O)[C@@H]3C(C)C(OC(=O)[C@H](OC(=O)CSCC(=O)O)[C@@H](NC(=O)OC(C)(C)C)c4ccccc4)C[C@@](O)([C@@H](OC(=O)c4ccccc4)[C@H]21)C3(C)C. The first-order valence-electron chi connectivity index (χ1n) is 21.7. The van der Waals surface area contributed by atoms with Crippen LogP contribution in [-0.2, 0) is 52.4 Å². The van der Waals surface area contributed by atoms with E-state index in [9.17, 15) is 49.2 Å². The summed E-state index contributed by atoms with van der Waals surface area (Å²) >= 11 is 0.694. The number of benzene rings is 2. The summed E-state index contributed by atoms with van der Waals surface area (Å²) < 4.78 is 35.8. The number of aliphatic carboxylic acids is 1. The van der Waals surface area contributed by atoms with Gasteiger partial charge in [0.1, 0.15) is 41.7 Å². The van der Waals surface area contributed by atoms with Crippen LogP contribution in [0.25, 0.3) is 0 Å². The van der Waals surface area contributed by atoms with Gasteiger partial charge in [-0.2, -0.15) is 0 Å². The van der Waals surface area contributed by atoms with E-state index in [1.165, 1.54) is 19.1 Å². The Morgan fingerprint density at radius 1 is 0.939 bits per heavy atom. The highest BCUT2D eigenvalue weighted by Gasteiger charge is 2.79. The number of fused-ring (bicyclic) bond motifs is 5. The molecular formula is C47H59NO17S. The number of esters is 4. The number of rotatable bonds is 13. The van der Waals surface area contributed by atoms with E-state index in [-0.39, 0.29) is 24.2 Å². The zero-order valence-electron chi connectivity index (χ0n) is 38.1. The predicted molar refractivity (Wildman–Crippen MR) is 232 cm³/mol. The number of carbonyl (C=O) groups excluding carboxylic acids is 6. The van der Waals surface area contributed by atoms with Gasteiger partial charge in [0.2, 0.25) is 6.10 Å². The summed E-state index contributed by atoms with van der Waals surface area (Å²) in [5.74, 6) is -11.1. The fraction of sp³-hybridized carbons (Fsp3) is 0.596. The van der Waals surface area contributed by atoms with E-state index >= 15 is 4.79 Å². The topological polar surface area (TPSA) is 268 Å². The van der Waals surface area contributed by atoms with Crippen molar-refractivity contribution >= 4 is 53.5 Å². The molecule has 2 bridgehead atoms. The molecule has 2 unspecified atom stereocenters. The second kappa shape index (κ2) is 18.9. The summed E-state index contributed by atoms with van der Waals surface area (Å²) in [6, 6.07) is 14.2. The Bertz CT molecular complexity index is 2180. The van der Waals surface area contributed by atoms with Crippen LogP contribution in [0.4, 0.5) is 4.79 Å². The second-order valence-corrected chi connectivity index (χ2v) is 20.4. The van der Waals surface area contributed by atoms with Gasteiger partial charge in [0.15, 0.2) is 11.4 Å². The Balaban J connectivity index is 1.49. The quantitative estimate of drug-likeness (QED) is 0.142. The van der Waals surface area contributed by atoms with Crippen molar-refractivity contribution in [2.45, 2.75) is 128 Å². The summed E-state index contributed by atoms with van der Waals surface area (Å²) in [4.78, 5) is 95.4. The first-order chi connectivity index (χ1) is 30.8. The Labute approximate surface area is 386 Å². The molecule has 6 rings (SSSR count). The van der Waals surface area contributed by atoms with Crippen molar-refractivity contribution in [2.24, 2.45) is 28.6 Å².